The number of rotatable bonds is 8. The first-order valence-electron chi connectivity index (χ1n) is 11.1. The van der Waals surface area contributed by atoms with Gasteiger partial charge in [-0.15, -0.1) is 0 Å². The Balaban J connectivity index is 1.45. The number of piperazine rings is 1. The molecule has 0 atom stereocenters. The van der Waals surface area contributed by atoms with E-state index in [1.807, 2.05) is 6.92 Å². The van der Waals surface area contributed by atoms with Crippen LogP contribution >= 0.6 is 0 Å². The lowest BCUT2D eigenvalue weighted by Gasteiger charge is -2.34. The first-order valence-corrected chi connectivity index (χ1v) is 11.1. The fraction of sp³-hybridized carbons (Fsp3) is 0.375. The molecule has 2 aromatic carbocycles. The Morgan fingerprint density at radius 1 is 0.971 bits per heavy atom. The van der Waals surface area contributed by atoms with Crippen molar-refractivity contribution < 1.29 is 32.3 Å². The summed E-state index contributed by atoms with van der Waals surface area (Å²) in [5, 5.41) is 4.92. The molecular formula is C24H27F3N4O4. The van der Waals surface area contributed by atoms with Crippen molar-refractivity contribution in [3.05, 3.63) is 59.7 Å². The molecule has 2 aromatic rings. The molecule has 8 nitrogen and oxygen atoms in total. The maximum absolute atomic E-state index is 13.1. The Morgan fingerprint density at radius 3 is 2.31 bits per heavy atom. The summed E-state index contributed by atoms with van der Waals surface area (Å²) in [4.78, 5) is 40.6. The van der Waals surface area contributed by atoms with Gasteiger partial charge in [0.25, 0.3) is 5.91 Å². The number of hydrogen-bond acceptors (Lipinski definition) is 5. The number of carbonyl (C=O) groups is 3. The number of hydrogen-bond donors (Lipinski definition) is 2. The molecular weight excluding hydrogens is 465 g/mol. The van der Waals surface area contributed by atoms with Gasteiger partial charge in [0.2, 0.25) is 11.8 Å². The lowest BCUT2D eigenvalue weighted by molar-refractivity contribution is -0.137. The molecule has 2 N–H and O–H groups in total. The number of carbonyl (C=O) groups excluding carboxylic acids is 3. The first-order chi connectivity index (χ1) is 16.7. The number of alkyl halides is 3. The molecule has 11 heteroatoms. The number of halogens is 3. The minimum Gasteiger partial charge on any atom is -0.493 e. The summed E-state index contributed by atoms with van der Waals surface area (Å²) in [6.07, 6.45) is -4.57. The molecule has 0 unspecified atom stereocenters. The van der Waals surface area contributed by atoms with Gasteiger partial charge in [0.1, 0.15) is 5.75 Å². The summed E-state index contributed by atoms with van der Waals surface area (Å²) in [5.41, 5.74) is -0.861. The van der Waals surface area contributed by atoms with Gasteiger partial charge in [-0.25, -0.2) is 0 Å². The van der Waals surface area contributed by atoms with Crippen molar-refractivity contribution in [3.63, 3.8) is 0 Å². The van der Waals surface area contributed by atoms with Gasteiger partial charge < -0.3 is 20.3 Å². The highest BCUT2D eigenvalue weighted by atomic mass is 19.4. The smallest absolute Gasteiger partial charge is 0.418 e. The number of benzene rings is 2. The van der Waals surface area contributed by atoms with E-state index in [1.54, 1.807) is 34.1 Å². The third kappa shape index (κ3) is 7.19. The third-order valence-electron chi connectivity index (χ3n) is 5.43. The predicted octanol–water partition coefficient (Wildman–Crippen LogP) is 2.62. The van der Waals surface area contributed by atoms with Gasteiger partial charge in [-0.1, -0.05) is 24.3 Å². The molecule has 3 amide bonds. The zero-order valence-corrected chi connectivity index (χ0v) is 19.2. The Hall–Kier alpha value is -3.60. The van der Waals surface area contributed by atoms with Gasteiger partial charge in [0.05, 0.1) is 36.5 Å². The highest BCUT2D eigenvalue weighted by molar-refractivity contribution is 5.98. The molecule has 0 saturated carbocycles. The number of nitrogens with zero attached hydrogens (tertiary/aromatic N) is 2. The van der Waals surface area contributed by atoms with Crippen molar-refractivity contribution in [2.75, 3.05) is 51.2 Å². The number of para-hydroxylation sites is 2. The van der Waals surface area contributed by atoms with Crippen LogP contribution in [0.4, 0.5) is 18.9 Å². The van der Waals surface area contributed by atoms with Crippen LogP contribution in [-0.4, -0.2) is 73.4 Å². The summed E-state index contributed by atoms with van der Waals surface area (Å²) in [6.45, 7) is 3.34. The molecule has 1 saturated heterocycles. The fourth-order valence-corrected chi connectivity index (χ4v) is 3.69. The topological polar surface area (TPSA) is 91.0 Å². The van der Waals surface area contributed by atoms with E-state index < -0.39 is 23.6 Å². The average molecular weight is 492 g/mol. The van der Waals surface area contributed by atoms with Crippen LogP contribution in [0.1, 0.15) is 22.8 Å². The van der Waals surface area contributed by atoms with E-state index in [2.05, 4.69) is 10.6 Å². The molecule has 1 heterocycles. The number of ether oxygens (including phenoxy) is 1. The fourth-order valence-electron chi connectivity index (χ4n) is 3.69. The number of anilines is 1. The second-order valence-electron chi connectivity index (χ2n) is 7.86. The van der Waals surface area contributed by atoms with Gasteiger partial charge in [-0.3, -0.25) is 19.3 Å². The van der Waals surface area contributed by atoms with Crippen molar-refractivity contribution in [2.24, 2.45) is 0 Å². The minimum absolute atomic E-state index is 0.0980. The standard InChI is InChI=1S/C24H27F3N4O4/c1-2-35-20-10-6-3-7-17(20)23(34)28-15-22(33)31-13-11-30(12-14-31)16-21(32)29-19-9-5-4-8-18(19)24(25,26)27/h3-10H,2,11-16H2,1H3,(H,28,34)(H,29,32). The molecule has 0 bridgehead atoms. The highest BCUT2D eigenvalue weighted by Crippen LogP contribution is 2.34. The zero-order chi connectivity index (χ0) is 25.4. The normalized spacial score (nSPS) is 14.3. The van der Waals surface area contributed by atoms with Crippen LogP contribution in [0.5, 0.6) is 5.75 Å². The van der Waals surface area contributed by atoms with Crippen molar-refractivity contribution in [1.82, 2.24) is 15.1 Å². The van der Waals surface area contributed by atoms with Crippen molar-refractivity contribution in [2.45, 2.75) is 13.1 Å². The second-order valence-corrected chi connectivity index (χ2v) is 7.86. The summed E-state index contributed by atoms with van der Waals surface area (Å²) >= 11 is 0. The molecule has 188 valence electrons. The summed E-state index contributed by atoms with van der Waals surface area (Å²) in [5.74, 6) is -0.821. The van der Waals surface area contributed by atoms with Gasteiger partial charge in [-0.2, -0.15) is 13.2 Å². The van der Waals surface area contributed by atoms with E-state index in [1.165, 1.54) is 18.2 Å². The predicted molar refractivity (Wildman–Crippen MR) is 123 cm³/mol. The van der Waals surface area contributed by atoms with E-state index in [-0.39, 0.29) is 24.7 Å². The van der Waals surface area contributed by atoms with Crippen LogP contribution in [0, 0.1) is 0 Å². The third-order valence-corrected chi connectivity index (χ3v) is 5.43. The van der Waals surface area contributed by atoms with E-state index in [0.717, 1.165) is 6.07 Å². The maximum Gasteiger partial charge on any atom is 0.418 e. The minimum atomic E-state index is -4.57. The van der Waals surface area contributed by atoms with E-state index >= 15 is 0 Å². The van der Waals surface area contributed by atoms with Crippen molar-refractivity contribution in [1.29, 1.82) is 0 Å². The van der Waals surface area contributed by atoms with E-state index in [0.29, 0.717) is 44.1 Å². The van der Waals surface area contributed by atoms with Crippen LogP contribution in [0.15, 0.2) is 48.5 Å². The Labute approximate surface area is 201 Å². The highest BCUT2D eigenvalue weighted by Gasteiger charge is 2.33. The van der Waals surface area contributed by atoms with Crippen molar-refractivity contribution >= 4 is 23.4 Å². The van der Waals surface area contributed by atoms with Crippen LogP contribution in [-0.2, 0) is 15.8 Å². The lowest BCUT2D eigenvalue weighted by atomic mass is 10.1. The van der Waals surface area contributed by atoms with Crippen LogP contribution < -0.4 is 15.4 Å². The van der Waals surface area contributed by atoms with Gasteiger partial charge >= 0.3 is 6.18 Å². The second kappa shape index (κ2) is 11.7. The molecule has 0 spiro atoms. The van der Waals surface area contributed by atoms with Crippen LogP contribution in [0.3, 0.4) is 0 Å². The van der Waals surface area contributed by atoms with Gasteiger partial charge in [0.15, 0.2) is 0 Å². The summed E-state index contributed by atoms with van der Waals surface area (Å²) < 4.78 is 44.8. The largest absolute Gasteiger partial charge is 0.493 e. The Morgan fingerprint density at radius 2 is 1.63 bits per heavy atom. The zero-order valence-electron chi connectivity index (χ0n) is 19.2. The molecule has 0 aliphatic carbocycles. The van der Waals surface area contributed by atoms with E-state index in [9.17, 15) is 27.6 Å². The molecule has 1 fully saturated rings. The maximum atomic E-state index is 13.1. The Bertz CT molecular complexity index is 1050. The summed E-state index contributed by atoms with van der Waals surface area (Å²) in [7, 11) is 0. The monoisotopic (exact) mass is 492 g/mol. The van der Waals surface area contributed by atoms with Crippen LogP contribution in [0.25, 0.3) is 0 Å². The quantitative estimate of drug-likeness (QED) is 0.591. The molecule has 0 radical (unpaired) electrons. The van der Waals surface area contributed by atoms with Gasteiger partial charge in [0, 0.05) is 26.2 Å². The average Bonchev–Trinajstić information content (AvgIpc) is 2.83. The summed E-state index contributed by atoms with van der Waals surface area (Å²) in [6, 6.07) is 11.5. The molecule has 3 rings (SSSR count). The lowest BCUT2D eigenvalue weighted by Crippen LogP contribution is -2.52. The van der Waals surface area contributed by atoms with Crippen molar-refractivity contribution in [3.8, 4) is 5.75 Å². The van der Waals surface area contributed by atoms with Gasteiger partial charge in [-0.05, 0) is 31.2 Å². The Kier molecular flexibility index (Phi) is 8.69. The number of amides is 3. The molecule has 0 aromatic heterocycles. The number of nitrogens with one attached hydrogen (secondary N) is 2. The molecule has 1 aliphatic rings. The van der Waals surface area contributed by atoms with E-state index in [4.69, 9.17) is 4.74 Å². The van der Waals surface area contributed by atoms with Crippen LogP contribution in [0.2, 0.25) is 0 Å². The molecule has 35 heavy (non-hydrogen) atoms. The molecule has 1 aliphatic heterocycles. The SMILES string of the molecule is CCOc1ccccc1C(=O)NCC(=O)N1CCN(CC(=O)Nc2ccccc2C(F)(F)F)CC1. The first kappa shape index (κ1) is 26.0.